The van der Waals surface area contributed by atoms with E-state index in [4.69, 9.17) is 0 Å². The van der Waals surface area contributed by atoms with Gasteiger partial charge in [-0.3, -0.25) is 0 Å². The van der Waals surface area contributed by atoms with Crippen LogP contribution < -0.4 is 5.32 Å². The van der Waals surface area contributed by atoms with Gasteiger partial charge in [-0.15, -0.1) is 0 Å². The molecule has 6 nitrogen and oxygen atoms in total. The minimum Gasteiger partial charge on any atom is -0.366 e. The Balaban J connectivity index is 1.60. The molecule has 4 rings (SSSR count). The number of hydrogen-bond acceptors (Lipinski definition) is 4. The molecule has 4 aromatic heterocycles. The molecule has 0 bridgehead atoms. The summed E-state index contributed by atoms with van der Waals surface area (Å²) < 4.78 is 1.76. The first-order valence-corrected chi connectivity index (χ1v) is 6.35. The maximum absolute atomic E-state index is 4.50. The van der Waals surface area contributed by atoms with Crippen LogP contribution in [0, 0.1) is 0 Å². The average molecular weight is 264 g/mol. The van der Waals surface area contributed by atoms with E-state index in [2.05, 4.69) is 25.4 Å². The quantitative estimate of drug-likeness (QED) is 0.595. The molecule has 0 aliphatic carbocycles. The minimum absolute atomic E-state index is 0.639. The van der Waals surface area contributed by atoms with Crippen molar-refractivity contribution < 1.29 is 0 Å². The van der Waals surface area contributed by atoms with Gasteiger partial charge in [0.25, 0.3) is 0 Å². The molecule has 4 aromatic rings. The fourth-order valence-corrected chi connectivity index (χ4v) is 2.22. The first kappa shape index (κ1) is 11.0. The van der Waals surface area contributed by atoms with Crippen molar-refractivity contribution in [2.24, 2.45) is 0 Å². The highest BCUT2D eigenvalue weighted by Crippen LogP contribution is 2.15. The number of rotatable bonds is 3. The van der Waals surface area contributed by atoms with Gasteiger partial charge in [-0.25, -0.2) is 14.5 Å². The van der Waals surface area contributed by atoms with Crippen molar-refractivity contribution in [2.45, 2.75) is 6.54 Å². The molecule has 20 heavy (non-hydrogen) atoms. The van der Waals surface area contributed by atoms with E-state index in [0.717, 1.165) is 28.1 Å². The Morgan fingerprint density at radius 3 is 3.25 bits per heavy atom. The van der Waals surface area contributed by atoms with Gasteiger partial charge in [-0.2, -0.15) is 5.10 Å². The number of aromatic nitrogens is 5. The Morgan fingerprint density at radius 1 is 1.25 bits per heavy atom. The lowest BCUT2D eigenvalue weighted by Crippen LogP contribution is -2.01. The molecular formula is C14H12N6. The summed E-state index contributed by atoms with van der Waals surface area (Å²) in [6, 6.07) is 7.87. The van der Waals surface area contributed by atoms with Gasteiger partial charge in [0.2, 0.25) is 0 Å². The largest absolute Gasteiger partial charge is 0.366 e. The molecule has 0 radical (unpaired) electrons. The summed E-state index contributed by atoms with van der Waals surface area (Å²) >= 11 is 0. The van der Waals surface area contributed by atoms with E-state index >= 15 is 0 Å². The fourth-order valence-electron chi connectivity index (χ4n) is 2.22. The van der Waals surface area contributed by atoms with E-state index in [1.165, 1.54) is 0 Å². The number of pyridine rings is 1. The molecule has 6 heteroatoms. The van der Waals surface area contributed by atoms with Gasteiger partial charge in [-0.1, -0.05) is 0 Å². The van der Waals surface area contributed by atoms with Crippen LogP contribution in [0.1, 0.15) is 5.56 Å². The lowest BCUT2D eigenvalue weighted by atomic mass is 10.3. The van der Waals surface area contributed by atoms with E-state index < -0.39 is 0 Å². The van der Waals surface area contributed by atoms with Crippen LogP contribution in [-0.4, -0.2) is 24.6 Å². The van der Waals surface area contributed by atoms with Gasteiger partial charge < -0.3 is 10.3 Å². The molecule has 0 aliphatic heterocycles. The van der Waals surface area contributed by atoms with Crippen molar-refractivity contribution in [1.82, 2.24) is 24.6 Å². The molecule has 0 spiro atoms. The molecule has 0 aliphatic rings. The first-order chi connectivity index (χ1) is 9.90. The van der Waals surface area contributed by atoms with Crippen LogP contribution in [0.4, 0.5) is 5.82 Å². The zero-order valence-electron chi connectivity index (χ0n) is 10.6. The number of hydrogen-bond donors (Lipinski definition) is 2. The Morgan fingerprint density at radius 2 is 2.25 bits per heavy atom. The van der Waals surface area contributed by atoms with Crippen LogP contribution in [0.3, 0.4) is 0 Å². The van der Waals surface area contributed by atoms with Crippen LogP contribution in [0.15, 0.2) is 49.1 Å². The fraction of sp³-hybridized carbons (Fsp3) is 0.0714. The topological polar surface area (TPSA) is 70.9 Å². The van der Waals surface area contributed by atoms with Gasteiger partial charge in [0.1, 0.15) is 11.5 Å². The Kier molecular flexibility index (Phi) is 2.38. The summed E-state index contributed by atoms with van der Waals surface area (Å²) in [6.07, 6.45) is 7.36. The first-order valence-electron chi connectivity index (χ1n) is 6.35. The Bertz CT molecular complexity index is 875. The van der Waals surface area contributed by atoms with Crippen molar-refractivity contribution in [3.63, 3.8) is 0 Å². The molecule has 0 atom stereocenters. The number of H-pyrrole nitrogens is 1. The maximum Gasteiger partial charge on any atom is 0.159 e. The predicted molar refractivity (Wildman–Crippen MR) is 76.4 cm³/mol. The van der Waals surface area contributed by atoms with E-state index in [1.807, 2.05) is 42.9 Å². The summed E-state index contributed by atoms with van der Waals surface area (Å²) in [5, 5.41) is 8.66. The van der Waals surface area contributed by atoms with Gasteiger partial charge in [-0.05, 0) is 24.3 Å². The number of nitrogens with one attached hydrogen (secondary N) is 2. The monoisotopic (exact) mass is 264 g/mol. The summed E-state index contributed by atoms with van der Waals surface area (Å²) in [7, 11) is 0. The number of aromatic amines is 1. The van der Waals surface area contributed by atoms with Crippen LogP contribution >= 0.6 is 0 Å². The SMILES string of the molecule is c1cnc2c(CNc3ccc4cc[nH]c4n3)cnn2c1. The number of anilines is 1. The van der Waals surface area contributed by atoms with Crippen LogP contribution in [0.2, 0.25) is 0 Å². The second kappa shape index (κ2) is 4.34. The molecule has 0 saturated heterocycles. The lowest BCUT2D eigenvalue weighted by Gasteiger charge is -2.04. The summed E-state index contributed by atoms with van der Waals surface area (Å²) in [5.41, 5.74) is 2.79. The van der Waals surface area contributed by atoms with Gasteiger partial charge in [0, 0.05) is 36.1 Å². The minimum atomic E-state index is 0.639. The molecular weight excluding hydrogens is 252 g/mol. The van der Waals surface area contributed by atoms with Crippen molar-refractivity contribution in [3.8, 4) is 0 Å². The molecule has 0 unspecified atom stereocenters. The van der Waals surface area contributed by atoms with Crippen molar-refractivity contribution in [2.75, 3.05) is 5.32 Å². The zero-order valence-corrected chi connectivity index (χ0v) is 10.6. The molecule has 98 valence electrons. The highest BCUT2D eigenvalue weighted by Gasteiger charge is 2.05. The second-order valence-electron chi connectivity index (χ2n) is 4.52. The normalized spacial score (nSPS) is 11.2. The smallest absolute Gasteiger partial charge is 0.159 e. The second-order valence-corrected chi connectivity index (χ2v) is 4.52. The van der Waals surface area contributed by atoms with Crippen molar-refractivity contribution in [1.29, 1.82) is 0 Å². The summed E-state index contributed by atoms with van der Waals surface area (Å²) in [6.45, 7) is 0.639. The summed E-state index contributed by atoms with van der Waals surface area (Å²) in [5.74, 6) is 0.829. The molecule has 2 N–H and O–H groups in total. The van der Waals surface area contributed by atoms with Gasteiger partial charge in [0.15, 0.2) is 5.65 Å². The number of nitrogens with zero attached hydrogens (tertiary/aromatic N) is 4. The van der Waals surface area contributed by atoms with Crippen molar-refractivity contribution >= 4 is 22.5 Å². The van der Waals surface area contributed by atoms with Crippen molar-refractivity contribution in [3.05, 3.63) is 54.6 Å². The van der Waals surface area contributed by atoms with Crippen LogP contribution in [0.25, 0.3) is 16.7 Å². The molecule has 0 saturated carbocycles. The highest BCUT2D eigenvalue weighted by atomic mass is 15.2. The molecule has 0 amide bonds. The molecule has 0 fully saturated rings. The third-order valence-electron chi connectivity index (χ3n) is 3.22. The van der Waals surface area contributed by atoms with E-state index in [9.17, 15) is 0 Å². The third kappa shape index (κ3) is 1.78. The van der Waals surface area contributed by atoms with Gasteiger partial charge >= 0.3 is 0 Å². The van der Waals surface area contributed by atoms with Gasteiger partial charge in [0.05, 0.1) is 6.20 Å². The van der Waals surface area contributed by atoms with Crippen LogP contribution in [0.5, 0.6) is 0 Å². The van der Waals surface area contributed by atoms with E-state index in [1.54, 1.807) is 10.7 Å². The lowest BCUT2D eigenvalue weighted by molar-refractivity contribution is 0.939. The molecule has 4 heterocycles. The third-order valence-corrected chi connectivity index (χ3v) is 3.22. The standard InChI is InChI=1S/C14H12N6/c1-5-16-14-11(9-18-20(14)7-1)8-17-12-3-2-10-4-6-15-13(10)19-12/h1-7,9H,8H2,(H2,15,17,19). The van der Waals surface area contributed by atoms with E-state index in [-0.39, 0.29) is 0 Å². The van der Waals surface area contributed by atoms with E-state index in [0.29, 0.717) is 6.54 Å². The summed E-state index contributed by atoms with van der Waals surface area (Å²) in [4.78, 5) is 11.9. The highest BCUT2D eigenvalue weighted by molar-refractivity contribution is 5.77. The predicted octanol–water partition coefficient (Wildman–Crippen LogP) is 2.22. The average Bonchev–Trinajstić information content (AvgIpc) is 3.11. The zero-order chi connectivity index (χ0) is 13.4. The Labute approximate surface area is 114 Å². The molecule has 0 aromatic carbocycles. The number of fused-ring (bicyclic) bond motifs is 2. The Hall–Kier alpha value is -2.89. The van der Waals surface area contributed by atoms with Crippen LogP contribution in [-0.2, 0) is 6.54 Å². The maximum atomic E-state index is 4.50.